The Hall–Kier alpha value is -4.07. The van der Waals surface area contributed by atoms with Gasteiger partial charge in [-0.15, -0.1) is 0 Å². The second-order valence-corrected chi connectivity index (χ2v) is 8.15. The third-order valence-electron chi connectivity index (χ3n) is 5.06. The van der Waals surface area contributed by atoms with Crippen molar-refractivity contribution in [3.05, 3.63) is 78.0 Å². The third kappa shape index (κ3) is 5.23. The van der Waals surface area contributed by atoms with Gasteiger partial charge in [0.2, 0.25) is 0 Å². The van der Waals surface area contributed by atoms with E-state index in [1.807, 2.05) is 56.3 Å². The summed E-state index contributed by atoms with van der Waals surface area (Å²) in [6.45, 7) is 4.71. The van der Waals surface area contributed by atoms with Crippen molar-refractivity contribution in [1.82, 2.24) is 15.1 Å². The fourth-order valence-electron chi connectivity index (χ4n) is 3.35. The molecule has 8 heteroatoms. The van der Waals surface area contributed by atoms with E-state index >= 15 is 0 Å². The SMILES string of the molecule is CC(C)CNC(=O)c1c(NC(=O)c2ccc(COc3ccc4ccccc4c3)o2)cnn1C. The molecule has 4 rings (SSSR count). The molecule has 4 aromatic rings. The summed E-state index contributed by atoms with van der Waals surface area (Å²) in [5.74, 6) is 0.863. The van der Waals surface area contributed by atoms with E-state index in [0.717, 1.165) is 10.8 Å². The average Bonchev–Trinajstić information content (AvgIpc) is 3.42. The number of rotatable bonds is 8. The van der Waals surface area contributed by atoms with Gasteiger partial charge >= 0.3 is 0 Å². The molecule has 2 aromatic carbocycles. The summed E-state index contributed by atoms with van der Waals surface area (Å²) in [6, 6.07) is 17.1. The second-order valence-electron chi connectivity index (χ2n) is 8.15. The van der Waals surface area contributed by atoms with Crippen LogP contribution in [0.15, 0.2) is 65.2 Å². The van der Waals surface area contributed by atoms with Crippen LogP contribution in [0.2, 0.25) is 0 Å². The van der Waals surface area contributed by atoms with Crippen LogP contribution in [0, 0.1) is 5.92 Å². The molecular weight excluding hydrogens is 420 g/mol. The molecule has 0 atom stereocenters. The Morgan fingerprint density at radius 3 is 2.64 bits per heavy atom. The number of ether oxygens (including phenoxy) is 1. The molecule has 0 saturated heterocycles. The van der Waals surface area contributed by atoms with Crippen LogP contribution in [0.3, 0.4) is 0 Å². The van der Waals surface area contributed by atoms with Crippen molar-refractivity contribution >= 4 is 28.3 Å². The smallest absolute Gasteiger partial charge is 0.291 e. The number of carbonyl (C=O) groups excluding carboxylic acids is 2. The highest BCUT2D eigenvalue weighted by Gasteiger charge is 2.20. The van der Waals surface area contributed by atoms with Crippen LogP contribution in [0.4, 0.5) is 5.69 Å². The van der Waals surface area contributed by atoms with Crippen LogP contribution in [-0.2, 0) is 13.7 Å². The third-order valence-corrected chi connectivity index (χ3v) is 5.06. The fraction of sp³-hybridized carbons (Fsp3) is 0.240. The van der Waals surface area contributed by atoms with Gasteiger partial charge in [0.05, 0.1) is 11.9 Å². The summed E-state index contributed by atoms with van der Waals surface area (Å²) < 4.78 is 12.9. The average molecular weight is 447 g/mol. The lowest BCUT2D eigenvalue weighted by atomic mass is 10.1. The van der Waals surface area contributed by atoms with Gasteiger partial charge in [-0.2, -0.15) is 5.10 Å². The standard InChI is InChI=1S/C25H26N4O4/c1-16(2)13-26-25(31)23-21(14-27-29(23)3)28-24(30)22-11-10-20(33-22)15-32-19-9-8-17-6-4-5-7-18(17)12-19/h4-12,14,16H,13,15H2,1-3H3,(H,26,31)(H,28,30). The highest BCUT2D eigenvalue weighted by molar-refractivity contribution is 6.07. The number of aromatic nitrogens is 2. The number of hydrogen-bond donors (Lipinski definition) is 2. The summed E-state index contributed by atoms with van der Waals surface area (Å²) in [5.41, 5.74) is 0.588. The Morgan fingerprint density at radius 1 is 1.06 bits per heavy atom. The van der Waals surface area contributed by atoms with Crippen LogP contribution in [0.5, 0.6) is 5.75 Å². The van der Waals surface area contributed by atoms with Crippen molar-refractivity contribution in [1.29, 1.82) is 0 Å². The van der Waals surface area contributed by atoms with E-state index in [1.165, 1.54) is 10.9 Å². The highest BCUT2D eigenvalue weighted by atomic mass is 16.5. The maximum Gasteiger partial charge on any atom is 0.291 e. The maximum absolute atomic E-state index is 12.7. The van der Waals surface area contributed by atoms with Crippen LogP contribution < -0.4 is 15.4 Å². The molecule has 170 valence electrons. The topological polar surface area (TPSA) is 98.4 Å². The van der Waals surface area contributed by atoms with Gasteiger partial charge in [0.25, 0.3) is 11.8 Å². The molecule has 8 nitrogen and oxygen atoms in total. The quantitative estimate of drug-likeness (QED) is 0.418. The number of nitrogens with one attached hydrogen (secondary N) is 2. The molecule has 0 aliphatic carbocycles. The predicted octanol–water partition coefficient (Wildman–Crippen LogP) is 4.38. The molecule has 33 heavy (non-hydrogen) atoms. The number of anilines is 1. The van der Waals surface area contributed by atoms with Gasteiger partial charge in [0, 0.05) is 13.6 Å². The molecular formula is C25H26N4O4. The first-order valence-electron chi connectivity index (χ1n) is 10.7. The van der Waals surface area contributed by atoms with E-state index in [2.05, 4.69) is 15.7 Å². The molecule has 2 heterocycles. The zero-order valence-electron chi connectivity index (χ0n) is 18.8. The summed E-state index contributed by atoms with van der Waals surface area (Å²) in [4.78, 5) is 25.2. The number of aryl methyl sites for hydroxylation is 1. The monoisotopic (exact) mass is 446 g/mol. The molecule has 0 bridgehead atoms. The maximum atomic E-state index is 12.7. The zero-order chi connectivity index (χ0) is 23.4. The Kier molecular flexibility index (Phi) is 6.44. The number of fused-ring (bicyclic) bond motifs is 1. The number of hydrogen-bond acceptors (Lipinski definition) is 5. The number of benzene rings is 2. The minimum atomic E-state index is -0.474. The lowest BCUT2D eigenvalue weighted by Gasteiger charge is -2.10. The predicted molar refractivity (Wildman–Crippen MR) is 125 cm³/mol. The first-order chi connectivity index (χ1) is 15.9. The second kappa shape index (κ2) is 9.60. The molecule has 0 radical (unpaired) electrons. The number of carbonyl (C=O) groups is 2. The first-order valence-corrected chi connectivity index (χ1v) is 10.7. The molecule has 0 aliphatic heterocycles. The van der Waals surface area contributed by atoms with Crippen molar-refractivity contribution in [2.45, 2.75) is 20.5 Å². The molecule has 0 aliphatic rings. The van der Waals surface area contributed by atoms with Gasteiger partial charge in [-0.1, -0.05) is 44.2 Å². The van der Waals surface area contributed by atoms with Gasteiger partial charge in [-0.25, -0.2) is 0 Å². The van der Waals surface area contributed by atoms with Crippen LogP contribution in [0.25, 0.3) is 10.8 Å². The highest BCUT2D eigenvalue weighted by Crippen LogP contribution is 2.22. The summed E-state index contributed by atoms with van der Waals surface area (Å²) >= 11 is 0. The van der Waals surface area contributed by atoms with Crippen molar-refractivity contribution in [3.8, 4) is 5.75 Å². The van der Waals surface area contributed by atoms with Crippen molar-refractivity contribution in [2.75, 3.05) is 11.9 Å². The van der Waals surface area contributed by atoms with E-state index < -0.39 is 5.91 Å². The molecule has 2 N–H and O–H groups in total. The molecule has 0 spiro atoms. The summed E-state index contributed by atoms with van der Waals surface area (Å²) in [5, 5.41) is 11.8. The fourth-order valence-corrected chi connectivity index (χ4v) is 3.35. The molecule has 0 unspecified atom stereocenters. The lowest BCUT2D eigenvalue weighted by molar-refractivity contribution is 0.0940. The number of amides is 2. The number of furan rings is 1. The van der Waals surface area contributed by atoms with Crippen LogP contribution in [0.1, 0.15) is 40.7 Å². The Bertz CT molecular complexity index is 1290. The van der Waals surface area contributed by atoms with E-state index in [4.69, 9.17) is 9.15 Å². The minimum absolute atomic E-state index is 0.115. The molecule has 0 saturated carbocycles. The van der Waals surface area contributed by atoms with Gasteiger partial charge in [0.15, 0.2) is 5.76 Å². The summed E-state index contributed by atoms with van der Waals surface area (Å²) in [6.07, 6.45) is 1.44. The van der Waals surface area contributed by atoms with Gasteiger partial charge in [-0.05, 0) is 41.0 Å². The Labute approximate surface area is 191 Å². The Morgan fingerprint density at radius 2 is 1.85 bits per heavy atom. The lowest BCUT2D eigenvalue weighted by Crippen LogP contribution is -2.30. The van der Waals surface area contributed by atoms with E-state index in [-0.39, 0.29) is 24.0 Å². The molecule has 2 amide bonds. The molecule has 2 aromatic heterocycles. The van der Waals surface area contributed by atoms with Crippen molar-refractivity contribution < 1.29 is 18.7 Å². The Balaban J connectivity index is 1.39. The van der Waals surface area contributed by atoms with Gasteiger partial charge < -0.3 is 19.8 Å². The van der Waals surface area contributed by atoms with Crippen molar-refractivity contribution in [2.24, 2.45) is 13.0 Å². The van der Waals surface area contributed by atoms with Gasteiger partial charge in [-0.3, -0.25) is 14.3 Å². The first kappa shape index (κ1) is 22.1. The minimum Gasteiger partial charge on any atom is -0.486 e. The van der Waals surface area contributed by atoms with E-state index in [1.54, 1.807) is 19.2 Å². The largest absolute Gasteiger partial charge is 0.486 e. The normalized spacial score (nSPS) is 11.0. The zero-order valence-corrected chi connectivity index (χ0v) is 18.8. The van der Waals surface area contributed by atoms with Crippen molar-refractivity contribution in [3.63, 3.8) is 0 Å². The van der Waals surface area contributed by atoms with E-state index in [0.29, 0.717) is 29.7 Å². The molecule has 0 fully saturated rings. The number of nitrogens with zero attached hydrogens (tertiary/aromatic N) is 2. The summed E-state index contributed by atoms with van der Waals surface area (Å²) in [7, 11) is 1.65. The van der Waals surface area contributed by atoms with Gasteiger partial charge in [0.1, 0.15) is 23.8 Å². The van der Waals surface area contributed by atoms with Crippen LogP contribution >= 0.6 is 0 Å². The van der Waals surface area contributed by atoms with Crippen LogP contribution in [-0.4, -0.2) is 28.1 Å². The van der Waals surface area contributed by atoms with E-state index in [9.17, 15) is 9.59 Å².